The standard InChI is InChI=1S/C5H9N3O2S/c1-4-6-5(2)8(7-4)11(9)10-3/h1-3H3. The van der Waals surface area contributed by atoms with E-state index in [1.165, 1.54) is 11.2 Å². The second-order valence-corrected chi connectivity index (χ2v) is 3.08. The van der Waals surface area contributed by atoms with Crippen LogP contribution in [0.3, 0.4) is 0 Å². The van der Waals surface area contributed by atoms with E-state index >= 15 is 0 Å². The Hall–Kier alpha value is -0.750. The zero-order valence-electron chi connectivity index (χ0n) is 6.57. The van der Waals surface area contributed by atoms with Gasteiger partial charge in [-0.3, -0.25) is 4.18 Å². The molecule has 0 fully saturated rings. The van der Waals surface area contributed by atoms with Crippen molar-refractivity contribution in [1.82, 2.24) is 14.2 Å². The molecule has 1 rings (SSSR count). The Morgan fingerprint density at radius 1 is 1.55 bits per heavy atom. The Labute approximate surface area is 67.2 Å². The van der Waals surface area contributed by atoms with Crippen LogP contribution in [-0.2, 0) is 15.4 Å². The van der Waals surface area contributed by atoms with Gasteiger partial charge in [0.2, 0.25) is 0 Å². The molecular formula is C5H9N3O2S. The van der Waals surface area contributed by atoms with Gasteiger partial charge in [-0.15, -0.1) is 9.19 Å². The van der Waals surface area contributed by atoms with Crippen molar-refractivity contribution in [3.8, 4) is 0 Å². The van der Waals surface area contributed by atoms with Gasteiger partial charge in [0.1, 0.15) is 11.6 Å². The molecule has 6 heteroatoms. The third-order valence-electron chi connectivity index (χ3n) is 1.12. The Bertz CT molecular complexity index is 283. The molecule has 0 aliphatic carbocycles. The number of rotatable bonds is 2. The summed E-state index contributed by atoms with van der Waals surface area (Å²) in [5.41, 5.74) is 0. The van der Waals surface area contributed by atoms with Crippen LogP contribution in [-0.4, -0.2) is 25.5 Å². The third kappa shape index (κ3) is 1.63. The monoisotopic (exact) mass is 175 g/mol. The van der Waals surface area contributed by atoms with E-state index in [1.807, 2.05) is 0 Å². The minimum absolute atomic E-state index is 0.586. The second kappa shape index (κ2) is 3.10. The summed E-state index contributed by atoms with van der Waals surface area (Å²) >= 11 is -1.54. The van der Waals surface area contributed by atoms with E-state index < -0.39 is 11.3 Å². The molecule has 0 saturated heterocycles. The number of aromatic nitrogens is 3. The van der Waals surface area contributed by atoms with Gasteiger partial charge in [0.05, 0.1) is 7.11 Å². The fraction of sp³-hybridized carbons (Fsp3) is 0.600. The summed E-state index contributed by atoms with van der Waals surface area (Å²) in [6.07, 6.45) is 0. The zero-order chi connectivity index (χ0) is 8.43. The predicted molar refractivity (Wildman–Crippen MR) is 40.0 cm³/mol. The first-order valence-corrected chi connectivity index (χ1v) is 4.05. The quantitative estimate of drug-likeness (QED) is 0.633. The lowest BCUT2D eigenvalue weighted by molar-refractivity contribution is 0.434. The van der Waals surface area contributed by atoms with Gasteiger partial charge >= 0.3 is 0 Å². The first-order chi connectivity index (χ1) is 5.15. The van der Waals surface area contributed by atoms with E-state index in [0.717, 1.165) is 0 Å². The molecule has 0 saturated carbocycles. The molecule has 0 N–H and O–H groups in total. The van der Waals surface area contributed by atoms with Crippen LogP contribution in [0.4, 0.5) is 0 Å². The summed E-state index contributed by atoms with van der Waals surface area (Å²) in [7, 11) is 1.35. The maximum atomic E-state index is 11.0. The molecule has 1 heterocycles. The first-order valence-electron chi connectivity index (χ1n) is 3.02. The Kier molecular flexibility index (Phi) is 2.35. The third-order valence-corrected chi connectivity index (χ3v) is 2.03. The molecule has 1 aromatic heterocycles. The number of nitrogens with zero attached hydrogens (tertiary/aromatic N) is 3. The highest BCUT2D eigenvalue weighted by atomic mass is 32.2. The largest absolute Gasteiger partial charge is 0.286 e. The lowest BCUT2D eigenvalue weighted by Crippen LogP contribution is -2.09. The smallest absolute Gasteiger partial charge is 0.276 e. The second-order valence-electron chi connectivity index (χ2n) is 1.96. The first kappa shape index (κ1) is 8.35. The van der Waals surface area contributed by atoms with Crippen molar-refractivity contribution in [2.75, 3.05) is 7.11 Å². The number of hydrogen-bond acceptors (Lipinski definition) is 4. The molecule has 1 aromatic rings. The van der Waals surface area contributed by atoms with Gasteiger partial charge < -0.3 is 0 Å². The molecule has 62 valence electrons. The highest BCUT2D eigenvalue weighted by Gasteiger charge is 2.07. The molecule has 1 atom stereocenters. The van der Waals surface area contributed by atoms with Crippen LogP contribution >= 0.6 is 0 Å². The highest BCUT2D eigenvalue weighted by molar-refractivity contribution is 7.78. The van der Waals surface area contributed by atoms with Crippen molar-refractivity contribution >= 4 is 11.3 Å². The van der Waals surface area contributed by atoms with Gasteiger partial charge in [0.15, 0.2) is 0 Å². The lowest BCUT2D eigenvalue weighted by Gasteiger charge is -1.96. The summed E-state index contributed by atoms with van der Waals surface area (Å²) < 4.78 is 16.8. The van der Waals surface area contributed by atoms with Crippen LogP contribution in [0.2, 0.25) is 0 Å². The van der Waals surface area contributed by atoms with Gasteiger partial charge in [-0.2, -0.15) is 0 Å². The van der Waals surface area contributed by atoms with Gasteiger partial charge in [0, 0.05) is 0 Å². The molecule has 0 aliphatic heterocycles. The van der Waals surface area contributed by atoms with Crippen molar-refractivity contribution in [3.63, 3.8) is 0 Å². The van der Waals surface area contributed by atoms with Crippen LogP contribution in [0.15, 0.2) is 0 Å². The van der Waals surface area contributed by atoms with Gasteiger partial charge in [0.25, 0.3) is 11.3 Å². The molecule has 0 radical (unpaired) electrons. The van der Waals surface area contributed by atoms with Crippen molar-refractivity contribution in [2.45, 2.75) is 13.8 Å². The molecule has 0 aromatic carbocycles. The minimum Gasteiger partial charge on any atom is -0.276 e. The average molecular weight is 175 g/mol. The molecule has 1 unspecified atom stereocenters. The van der Waals surface area contributed by atoms with Crippen molar-refractivity contribution in [3.05, 3.63) is 11.6 Å². The molecule has 11 heavy (non-hydrogen) atoms. The number of hydrogen-bond donors (Lipinski definition) is 0. The van der Waals surface area contributed by atoms with E-state index in [-0.39, 0.29) is 0 Å². The van der Waals surface area contributed by atoms with Gasteiger partial charge in [-0.25, -0.2) is 9.19 Å². The fourth-order valence-corrected chi connectivity index (χ4v) is 1.30. The van der Waals surface area contributed by atoms with Crippen molar-refractivity contribution in [2.24, 2.45) is 0 Å². The molecule has 0 spiro atoms. The van der Waals surface area contributed by atoms with Gasteiger partial charge in [-0.05, 0) is 13.8 Å². The Balaban J connectivity index is 3.03. The zero-order valence-corrected chi connectivity index (χ0v) is 7.38. The average Bonchev–Trinajstić information content (AvgIpc) is 2.28. The summed E-state index contributed by atoms with van der Waals surface area (Å²) in [5, 5.41) is 3.86. The summed E-state index contributed by atoms with van der Waals surface area (Å²) in [5.74, 6) is 1.18. The van der Waals surface area contributed by atoms with Crippen LogP contribution < -0.4 is 0 Å². The maximum Gasteiger partial charge on any atom is 0.286 e. The topological polar surface area (TPSA) is 57.0 Å². The van der Waals surface area contributed by atoms with Crippen LogP contribution in [0.5, 0.6) is 0 Å². The van der Waals surface area contributed by atoms with E-state index in [0.29, 0.717) is 11.6 Å². The Morgan fingerprint density at radius 2 is 2.18 bits per heavy atom. The summed E-state index contributed by atoms with van der Waals surface area (Å²) in [6.45, 7) is 3.45. The van der Waals surface area contributed by atoms with E-state index in [1.54, 1.807) is 13.8 Å². The number of aryl methyl sites for hydroxylation is 2. The predicted octanol–water partition coefficient (Wildman–Crippen LogP) is -0.0319. The fourth-order valence-electron chi connectivity index (χ4n) is 0.715. The maximum absolute atomic E-state index is 11.0. The van der Waals surface area contributed by atoms with Crippen LogP contribution in [0.1, 0.15) is 11.6 Å². The van der Waals surface area contributed by atoms with Crippen LogP contribution in [0.25, 0.3) is 0 Å². The molecule has 0 amide bonds. The van der Waals surface area contributed by atoms with E-state index in [2.05, 4.69) is 14.3 Å². The molecule has 0 aliphatic rings. The molecular weight excluding hydrogens is 166 g/mol. The van der Waals surface area contributed by atoms with Crippen LogP contribution in [0, 0.1) is 13.8 Å². The van der Waals surface area contributed by atoms with E-state index in [4.69, 9.17) is 0 Å². The minimum atomic E-state index is -1.54. The van der Waals surface area contributed by atoms with Crippen molar-refractivity contribution < 1.29 is 8.39 Å². The summed E-state index contributed by atoms with van der Waals surface area (Å²) in [4.78, 5) is 3.96. The molecule has 0 bridgehead atoms. The summed E-state index contributed by atoms with van der Waals surface area (Å²) in [6, 6.07) is 0. The molecule has 5 nitrogen and oxygen atoms in total. The Morgan fingerprint density at radius 3 is 2.55 bits per heavy atom. The highest BCUT2D eigenvalue weighted by Crippen LogP contribution is 1.97. The SMILES string of the molecule is COS(=O)n1nc(C)nc1C. The normalized spacial score (nSPS) is 13.4. The van der Waals surface area contributed by atoms with Crippen molar-refractivity contribution in [1.29, 1.82) is 0 Å². The lowest BCUT2D eigenvalue weighted by atomic mass is 10.7. The van der Waals surface area contributed by atoms with E-state index in [9.17, 15) is 4.21 Å². The van der Waals surface area contributed by atoms with Gasteiger partial charge in [-0.1, -0.05) is 0 Å².